The number of benzene rings is 1. The Morgan fingerprint density at radius 2 is 1.82 bits per heavy atom. The van der Waals surface area contributed by atoms with E-state index in [0.29, 0.717) is 21.3 Å². The van der Waals surface area contributed by atoms with E-state index in [2.05, 4.69) is 5.16 Å². The summed E-state index contributed by atoms with van der Waals surface area (Å²) in [5.41, 5.74) is 1.07. The lowest BCUT2D eigenvalue weighted by atomic mass is 9.99. The van der Waals surface area contributed by atoms with Crippen molar-refractivity contribution in [3.63, 3.8) is 0 Å². The lowest BCUT2D eigenvalue weighted by molar-refractivity contribution is -0.287. The number of oxime groups is 1. The number of aliphatic hydroxyl groups excluding tert-OH is 4. The van der Waals surface area contributed by atoms with Gasteiger partial charge in [-0.1, -0.05) is 34.4 Å². The summed E-state index contributed by atoms with van der Waals surface area (Å²) in [4.78, 5) is 16.8. The Kier molecular flexibility index (Phi) is 8.44. The lowest BCUT2D eigenvalue weighted by Gasteiger charge is -2.37. The second kappa shape index (κ2) is 10.4. The number of esters is 1. The average Bonchev–Trinajstić information content (AvgIpc) is 2.67. The summed E-state index contributed by atoms with van der Waals surface area (Å²) in [6, 6.07) is 4.86. The van der Waals surface area contributed by atoms with E-state index >= 15 is 0 Å². The molecule has 0 aromatic heterocycles. The summed E-state index contributed by atoms with van der Waals surface area (Å²) in [5.74, 6) is -0.630. The molecule has 1 aliphatic heterocycles. The van der Waals surface area contributed by atoms with Crippen molar-refractivity contribution >= 4 is 34.9 Å². The van der Waals surface area contributed by atoms with E-state index < -0.39 is 43.3 Å². The van der Waals surface area contributed by atoms with Crippen LogP contribution in [0.4, 0.5) is 0 Å². The number of hydrogen-bond donors (Lipinski definition) is 4. The Bertz CT molecular complexity index is 716. The van der Waals surface area contributed by atoms with Crippen LogP contribution < -0.4 is 0 Å². The summed E-state index contributed by atoms with van der Waals surface area (Å²) >= 11 is 11.9. The summed E-state index contributed by atoms with van der Waals surface area (Å²) in [7, 11) is 1.36. The number of rotatable bonds is 7. The van der Waals surface area contributed by atoms with Crippen LogP contribution in [0.15, 0.2) is 23.4 Å². The van der Waals surface area contributed by atoms with Gasteiger partial charge in [-0.25, -0.2) is 0 Å². The van der Waals surface area contributed by atoms with Crippen LogP contribution in [0.25, 0.3) is 0 Å². The third kappa shape index (κ3) is 5.77. The quantitative estimate of drug-likeness (QED) is 0.274. The Hall–Kier alpha value is -1.46. The molecule has 1 aliphatic rings. The van der Waals surface area contributed by atoms with Gasteiger partial charge in [-0.2, -0.15) is 0 Å². The van der Waals surface area contributed by atoms with Crippen molar-refractivity contribution in [1.82, 2.24) is 0 Å². The smallest absolute Gasteiger partial charge is 0.306 e. The van der Waals surface area contributed by atoms with Crippen LogP contribution in [0.2, 0.25) is 10.0 Å². The molecular weight excluding hydrogens is 417 g/mol. The molecule has 156 valence electrons. The van der Waals surface area contributed by atoms with E-state index in [4.69, 9.17) is 37.5 Å². The maximum atomic E-state index is 12.0. The van der Waals surface area contributed by atoms with Crippen LogP contribution in [-0.2, 0) is 19.1 Å². The highest BCUT2D eigenvalue weighted by atomic mass is 35.5. The molecule has 9 nitrogen and oxygen atoms in total. The molecule has 1 saturated heterocycles. The molecule has 0 spiro atoms. The Morgan fingerprint density at radius 1 is 1.11 bits per heavy atom. The van der Waals surface area contributed by atoms with Crippen molar-refractivity contribution in [2.24, 2.45) is 5.16 Å². The van der Waals surface area contributed by atoms with Crippen LogP contribution in [0.1, 0.15) is 18.4 Å². The van der Waals surface area contributed by atoms with Gasteiger partial charge in [0.2, 0.25) is 0 Å². The van der Waals surface area contributed by atoms with Crippen molar-refractivity contribution in [1.29, 1.82) is 0 Å². The van der Waals surface area contributed by atoms with E-state index in [1.165, 1.54) is 7.11 Å². The predicted molar refractivity (Wildman–Crippen MR) is 99.1 cm³/mol. The minimum Gasteiger partial charge on any atom is -0.463 e. The Balaban J connectivity index is 1.89. The van der Waals surface area contributed by atoms with E-state index in [1.807, 2.05) is 0 Å². The predicted octanol–water partition coefficient (Wildman–Crippen LogP) is 0.467. The molecule has 1 heterocycles. The topological polar surface area (TPSA) is 138 Å². The monoisotopic (exact) mass is 437 g/mol. The first-order valence-electron chi connectivity index (χ1n) is 8.33. The molecular formula is C17H21Cl2NO8. The number of ether oxygens (including phenoxy) is 2. The first kappa shape index (κ1) is 22.8. The number of carbonyl (C=O) groups excluding carboxylic acids is 1. The van der Waals surface area contributed by atoms with E-state index in [0.717, 1.165) is 0 Å². The van der Waals surface area contributed by atoms with Crippen LogP contribution in [-0.4, -0.2) is 76.5 Å². The number of nitrogens with zero attached hydrogens (tertiary/aromatic N) is 1. The van der Waals surface area contributed by atoms with Gasteiger partial charge in [0.05, 0.1) is 22.2 Å². The fourth-order valence-electron chi connectivity index (χ4n) is 2.56. The fourth-order valence-corrected chi connectivity index (χ4v) is 2.86. The molecule has 0 aliphatic carbocycles. The van der Waals surface area contributed by atoms with Crippen molar-refractivity contribution in [3.05, 3.63) is 33.8 Å². The number of aliphatic hydroxyl groups is 4. The number of halogens is 2. The molecule has 0 saturated carbocycles. The zero-order valence-electron chi connectivity index (χ0n) is 14.9. The van der Waals surface area contributed by atoms with Crippen LogP contribution in [0.5, 0.6) is 0 Å². The molecule has 0 amide bonds. The first-order valence-corrected chi connectivity index (χ1v) is 9.09. The number of hydrogen-bond acceptors (Lipinski definition) is 9. The van der Waals surface area contributed by atoms with Gasteiger partial charge in [0.25, 0.3) is 0 Å². The standard InChI is InChI=1S/C17H21Cl2NO8/c1-26-20-11(8-2-3-9(18)10(19)6-8)4-5-13(21)27-7-12-14(22)15(23)16(24)17(25)28-12/h2-3,6,12,14-17,22-25H,4-5,7H2,1H3/b20-11-. The van der Waals surface area contributed by atoms with Gasteiger partial charge >= 0.3 is 5.97 Å². The Morgan fingerprint density at radius 3 is 2.46 bits per heavy atom. The maximum Gasteiger partial charge on any atom is 0.306 e. The molecule has 1 fully saturated rings. The molecule has 0 bridgehead atoms. The summed E-state index contributed by atoms with van der Waals surface area (Å²) in [6.45, 7) is -0.412. The second-order valence-electron chi connectivity index (χ2n) is 6.07. The lowest BCUT2D eigenvalue weighted by Crippen LogP contribution is -2.58. The van der Waals surface area contributed by atoms with Gasteiger partial charge in [-0.3, -0.25) is 4.79 Å². The van der Waals surface area contributed by atoms with Gasteiger partial charge < -0.3 is 34.7 Å². The fraction of sp³-hybridized carbons (Fsp3) is 0.529. The second-order valence-corrected chi connectivity index (χ2v) is 6.88. The molecule has 5 unspecified atom stereocenters. The van der Waals surface area contributed by atoms with Gasteiger partial charge in [0, 0.05) is 12.0 Å². The normalized spacial score (nSPS) is 28.1. The average molecular weight is 438 g/mol. The molecule has 5 atom stereocenters. The molecule has 2 rings (SSSR count). The van der Waals surface area contributed by atoms with Gasteiger partial charge in [-0.05, 0) is 12.1 Å². The van der Waals surface area contributed by atoms with Crippen LogP contribution in [0.3, 0.4) is 0 Å². The molecule has 11 heteroatoms. The molecule has 0 radical (unpaired) electrons. The highest BCUT2D eigenvalue weighted by Crippen LogP contribution is 2.24. The third-order valence-electron chi connectivity index (χ3n) is 4.12. The highest BCUT2D eigenvalue weighted by Gasteiger charge is 2.43. The highest BCUT2D eigenvalue weighted by molar-refractivity contribution is 6.42. The molecule has 1 aromatic rings. The maximum absolute atomic E-state index is 12.0. The summed E-state index contributed by atoms with van der Waals surface area (Å²) in [5, 5.41) is 42.9. The van der Waals surface area contributed by atoms with Gasteiger partial charge in [0.15, 0.2) is 6.29 Å². The third-order valence-corrected chi connectivity index (χ3v) is 4.85. The largest absolute Gasteiger partial charge is 0.463 e. The van der Waals surface area contributed by atoms with Crippen molar-refractivity contribution in [2.75, 3.05) is 13.7 Å². The van der Waals surface area contributed by atoms with E-state index in [9.17, 15) is 25.2 Å². The SMILES string of the molecule is CO/N=C(/CCC(=O)OCC1OC(O)C(O)C(O)C1O)c1ccc(Cl)c(Cl)c1. The molecule has 4 N–H and O–H groups in total. The van der Waals surface area contributed by atoms with Gasteiger partial charge in [0.1, 0.15) is 38.1 Å². The van der Waals surface area contributed by atoms with E-state index in [-0.39, 0.29) is 12.8 Å². The molecule has 1 aromatic carbocycles. The minimum absolute atomic E-state index is 0.0705. The summed E-state index contributed by atoms with van der Waals surface area (Å²) < 4.78 is 9.96. The van der Waals surface area contributed by atoms with Crippen molar-refractivity contribution < 1.29 is 39.5 Å². The molecule has 28 heavy (non-hydrogen) atoms. The van der Waals surface area contributed by atoms with Crippen molar-refractivity contribution in [3.8, 4) is 0 Å². The van der Waals surface area contributed by atoms with Crippen LogP contribution in [0, 0.1) is 0 Å². The zero-order valence-corrected chi connectivity index (χ0v) is 16.4. The van der Waals surface area contributed by atoms with Crippen LogP contribution >= 0.6 is 23.2 Å². The first-order chi connectivity index (χ1) is 13.2. The van der Waals surface area contributed by atoms with E-state index in [1.54, 1.807) is 18.2 Å². The van der Waals surface area contributed by atoms with Gasteiger partial charge in [-0.15, -0.1) is 0 Å². The van der Waals surface area contributed by atoms with Crippen molar-refractivity contribution in [2.45, 2.75) is 43.5 Å². The zero-order chi connectivity index (χ0) is 20.8. The summed E-state index contributed by atoms with van der Waals surface area (Å²) in [6.07, 6.45) is -7.57. The minimum atomic E-state index is -1.70. The Labute approximate surface area is 171 Å². The number of carbonyl (C=O) groups is 1.